The van der Waals surface area contributed by atoms with Crippen molar-refractivity contribution in [1.82, 2.24) is 14.8 Å². The summed E-state index contributed by atoms with van der Waals surface area (Å²) >= 11 is 0. The van der Waals surface area contributed by atoms with Crippen LogP contribution in [0.25, 0.3) is 0 Å². The molecule has 3 atom stereocenters. The van der Waals surface area contributed by atoms with Crippen LogP contribution in [-0.2, 0) is 13.0 Å². The van der Waals surface area contributed by atoms with E-state index in [1.807, 2.05) is 6.20 Å². The third-order valence-electron chi connectivity index (χ3n) is 6.16. The molecule has 2 aromatic rings. The molecule has 2 saturated heterocycles. The fourth-order valence-corrected chi connectivity index (χ4v) is 4.85. The Kier molecular flexibility index (Phi) is 7.70. The molecule has 0 spiro atoms. The van der Waals surface area contributed by atoms with Gasteiger partial charge in [0.15, 0.2) is 0 Å². The van der Waals surface area contributed by atoms with Crippen LogP contribution in [0.15, 0.2) is 42.6 Å². The lowest BCUT2D eigenvalue weighted by Crippen LogP contribution is -2.29. The number of aromatic nitrogens is 1. The Morgan fingerprint density at radius 2 is 1.81 bits per heavy atom. The summed E-state index contributed by atoms with van der Waals surface area (Å²) in [6.45, 7) is 9.02. The van der Waals surface area contributed by atoms with Crippen LogP contribution in [0.1, 0.15) is 35.3 Å². The molecule has 2 aliphatic heterocycles. The lowest BCUT2D eigenvalue weighted by molar-refractivity contribution is 0.223. The second-order valence-electron chi connectivity index (χ2n) is 7.87. The molecule has 3 nitrogen and oxygen atoms in total. The van der Waals surface area contributed by atoms with E-state index in [1.165, 1.54) is 42.0 Å². The van der Waals surface area contributed by atoms with E-state index in [1.54, 1.807) is 0 Å². The van der Waals surface area contributed by atoms with E-state index in [0.29, 0.717) is 6.04 Å². The van der Waals surface area contributed by atoms with Crippen LogP contribution < -0.4 is 0 Å². The number of aryl methyl sites for hydroxylation is 2. The maximum atomic E-state index is 4.66. The van der Waals surface area contributed by atoms with Gasteiger partial charge in [0, 0.05) is 38.4 Å². The van der Waals surface area contributed by atoms with E-state index in [-0.39, 0.29) is 24.8 Å². The highest BCUT2D eigenvalue weighted by Gasteiger charge is 2.46. The van der Waals surface area contributed by atoms with Gasteiger partial charge in [-0.1, -0.05) is 37.3 Å². The van der Waals surface area contributed by atoms with Crippen molar-refractivity contribution >= 4 is 24.8 Å². The molecule has 0 N–H and O–H groups in total. The van der Waals surface area contributed by atoms with Gasteiger partial charge in [-0.05, 0) is 55.0 Å². The zero-order valence-corrected chi connectivity index (χ0v) is 18.1. The zero-order chi connectivity index (χ0) is 17.4. The number of likely N-dealkylation sites (tertiary alicyclic amines) is 2. The van der Waals surface area contributed by atoms with Crippen molar-refractivity contribution in [2.75, 3.05) is 26.7 Å². The average molecular weight is 408 g/mol. The Bertz CT molecular complexity index is 735. The van der Waals surface area contributed by atoms with Crippen LogP contribution in [0.2, 0.25) is 0 Å². The number of pyridine rings is 1. The normalized spacial score (nSPS) is 24.9. The molecule has 0 aliphatic carbocycles. The van der Waals surface area contributed by atoms with Crippen LogP contribution >= 0.6 is 24.8 Å². The molecule has 27 heavy (non-hydrogen) atoms. The predicted octanol–water partition coefficient (Wildman–Crippen LogP) is 4.53. The van der Waals surface area contributed by atoms with Gasteiger partial charge >= 0.3 is 0 Å². The van der Waals surface area contributed by atoms with E-state index >= 15 is 0 Å². The Hall–Kier alpha value is -1.13. The molecule has 0 radical (unpaired) electrons. The number of halogens is 2. The smallest absolute Gasteiger partial charge is 0.0544 e. The zero-order valence-electron chi connectivity index (χ0n) is 16.5. The van der Waals surface area contributed by atoms with Crippen LogP contribution in [0.4, 0.5) is 0 Å². The molecule has 0 bridgehead atoms. The monoisotopic (exact) mass is 407 g/mol. The molecule has 2 aliphatic rings. The van der Waals surface area contributed by atoms with Gasteiger partial charge in [0.1, 0.15) is 0 Å². The first kappa shape index (κ1) is 22.2. The molecule has 4 rings (SSSR count). The minimum atomic E-state index is 0. The molecular formula is C22H31Cl2N3. The molecule has 3 heterocycles. The van der Waals surface area contributed by atoms with Crippen molar-refractivity contribution in [3.05, 3.63) is 65.0 Å². The number of nitrogens with zero attached hydrogens (tertiary/aromatic N) is 3. The third-order valence-corrected chi connectivity index (χ3v) is 6.16. The number of fused-ring (bicyclic) bond motifs is 1. The summed E-state index contributed by atoms with van der Waals surface area (Å²) in [4.78, 5) is 9.85. The van der Waals surface area contributed by atoms with E-state index < -0.39 is 0 Å². The van der Waals surface area contributed by atoms with Crippen LogP contribution in [-0.4, -0.2) is 41.5 Å². The molecule has 2 fully saturated rings. The van der Waals surface area contributed by atoms with Gasteiger partial charge in [0.2, 0.25) is 0 Å². The van der Waals surface area contributed by atoms with E-state index in [2.05, 4.69) is 72.1 Å². The topological polar surface area (TPSA) is 19.4 Å². The summed E-state index contributed by atoms with van der Waals surface area (Å²) in [7, 11) is 2.30. The van der Waals surface area contributed by atoms with Gasteiger partial charge in [-0.2, -0.15) is 0 Å². The van der Waals surface area contributed by atoms with Gasteiger partial charge in [-0.3, -0.25) is 14.8 Å². The highest BCUT2D eigenvalue weighted by atomic mass is 35.5. The van der Waals surface area contributed by atoms with E-state index in [9.17, 15) is 0 Å². The lowest BCUT2D eigenvalue weighted by atomic mass is 9.88. The van der Waals surface area contributed by atoms with E-state index in [0.717, 1.165) is 24.8 Å². The van der Waals surface area contributed by atoms with Crippen molar-refractivity contribution in [2.45, 2.75) is 32.9 Å². The minimum absolute atomic E-state index is 0. The fourth-order valence-electron chi connectivity index (χ4n) is 4.85. The molecule has 0 unspecified atom stereocenters. The molecule has 1 aromatic heterocycles. The quantitative estimate of drug-likeness (QED) is 0.741. The van der Waals surface area contributed by atoms with Gasteiger partial charge in [0.25, 0.3) is 0 Å². The number of rotatable bonds is 4. The third kappa shape index (κ3) is 4.48. The molecule has 0 amide bonds. The average Bonchev–Trinajstić information content (AvgIpc) is 3.12. The van der Waals surface area contributed by atoms with Gasteiger partial charge < -0.3 is 0 Å². The van der Waals surface area contributed by atoms with Crippen molar-refractivity contribution in [3.8, 4) is 0 Å². The van der Waals surface area contributed by atoms with Gasteiger partial charge in [-0.15, -0.1) is 24.8 Å². The molecule has 148 valence electrons. The van der Waals surface area contributed by atoms with Crippen LogP contribution in [0.3, 0.4) is 0 Å². The maximum Gasteiger partial charge on any atom is 0.0544 e. The summed E-state index contributed by atoms with van der Waals surface area (Å²) in [5.74, 6) is 1.52. The minimum Gasteiger partial charge on any atom is -0.299 e. The SMILES string of the molecule is CCc1ccc(CN2C[C@@H]3CN(C)[C@@H](c4ccccc4C)[C@@H]3C2)nc1.Cl.Cl. The Morgan fingerprint density at radius 3 is 2.48 bits per heavy atom. The van der Waals surface area contributed by atoms with Crippen molar-refractivity contribution < 1.29 is 0 Å². The first-order valence-electron chi connectivity index (χ1n) is 9.57. The summed E-state index contributed by atoms with van der Waals surface area (Å²) in [5, 5.41) is 0. The summed E-state index contributed by atoms with van der Waals surface area (Å²) in [6, 6.07) is 13.9. The van der Waals surface area contributed by atoms with Crippen molar-refractivity contribution in [1.29, 1.82) is 0 Å². The second-order valence-corrected chi connectivity index (χ2v) is 7.87. The number of hydrogen-bond acceptors (Lipinski definition) is 3. The van der Waals surface area contributed by atoms with Gasteiger partial charge in [0.05, 0.1) is 5.69 Å². The Balaban J connectivity index is 0.00000131. The summed E-state index contributed by atoms with van der Waals surface area (Å²) in [6.07, 6.45) is 3.10. The first-order chi connectivity index (χ1) is 12.2. The van der Waals surface area contributed by atoms with Crippen LogP contribution in [0, 0.1) is 18.8 Å². The molecule has 0 saturated carbocycles. The van der Waals surface area contributed by atoms with Crippen molar-refractivity contribution in [3.63, 3.8) is 0 Å². The second kappa shape index (κ2) is 9.38. The highest BCUT2D eigenvalue weighted by molar-refractivity contribution is 5.85. The summed E-state index contributed by atoms with van der Waals surface area (Å²) in [5.41, 5.74) is 5.47. The highest BCUT2D eigenvalue weighted by Crippen LogP contribution is 2.45. The van der Waals surface area contributed by atoms with Gasteiger partial charge in [-0.25, -0.2) is 0 Å². The fraction of sp³-hybridized carbons (Fsp3) is 0.500. The number of hydrogen-bond donors (Lipinski definition) is 0. The Labute approximate surface area is 176 Å². The molecule has 5 heteroatoms. The van der Waals surface area contributed by atoms with Crippen LogP contribution in [0.5, 0.6) is 0 Å². The lowest BCUT2D eigenvalue weighted by Gasteiger charge is -2.28. The standard InChI is InChI=1S/C22H29N3.2ClH/c1-4-17-9-10-19(23-11-17)14-25-13-18-12-24(3)22(21(18)15-25)20-8-6-5-7-16(20)2;;/h5-11,18,21-22H,4,12-15H2,1-3H3;2*1H/t18-,21+,22-;;/m0../s1. The molecular weight excluding hydrogens is 377 g/mol. The van der Waals surface area contributed by atoms with E-state index in [4.69, 9.17) is 0 Å². The number of benzene rings is 1. The molecule has 1 aromatic carbocycles. The first-order valence-corrected chi connectivity index (χ1v) is 9.57. The largest absolute Gasteiger partial charge is 0.299 e. The van der Waals surface area contributed by atoms with Crippen molar-refractivity contribution in [2.24, 2.45) is 11.8 Å². The Morgan fingerprint density at radius 1 is 1.04 bits per heavy atom. The predicted molar refractivity (Wildman–Crippen MR) is 117 cm³/mol. The summed E-state index contributed by atoms with van der Waals surface area (Å²) < 4.78 is 0. The maximum absolute atomic E-state index is 4.66.